The van der Waals surface area contributed by atoms with Crippen LogP contribution in [0.5, 0.6) is 0 Å². The van der Waals surface area contributed by atoms with Crippen molar-refractivity contribution in [1.82, 2.24) is 5.32 Å². The second-order valence-electron chi connectivity index (χ2n) is 4.12. The lowest BCUT2D eigenvalue weighted by Crippen LogP contribution is -2.42. The van der Waals surface area contributed by atoms with E-state index in [9.17, 15) is 4.79 Å². The van der Waals surface area contributed by atoms with Gasteiger partial charge in [0.1, 0.15) is 0 Å². The molecule has 82 valence electrons. The zero-order chi connectivity index (χ0) is 10.4. The first-order chi connectivity index (χ1) is 6.77. The molecule has 0 saturated heterocycles. The van der Waals surface area contributed by atoms with Crippen LogP contribution in [0.15, 0.2) is 0 Å². The van der Waals surface area contributed by atoms with E-state index < -0.39 is 0 Å². The minimum absolute atomic E-state index is 0.227. The van der Waals surface area contributed by atoms with E-state index >= 15 is 0 Å². The highest BCUT2D eigenvalue weighted by molar-refractivity contribution is 9.09. The summed E-state index contributed by atoms with van der Waals surface area (Å²) in [6, 6.07) is 0.419. The summed E-state index contributed by atoms with van der Waals surface area (Å²) in [7, 11) is 0. The van der Waals surface area contributed by atoms with Crippen molar-refractivity contribution in [2.45, 2.75) is 51.5 Å². The molecule has 1 rings (SSSR count). The minimum atomic E-state index is 0.227. The lowest BCUT2D eigenvalue weighted by Gasteiger charge is -2.30. The molecule has 2 nitrogen and oxygen atoms in total. The monoisotopic (exact) mass is 261 g/mol. The Morgan fingerprint density at radius 1 is 1.43 bits per heavy atom. The molecule has 1 N–H and O–H groups in total. The molecule has 2 unspecified atom stereocenters. The summed E-state index contributed by atoms with van der Waals surface area (Å²) in [6.07, 6.45) is 6.61. The molecule has 2 atom stereocenters. The van der Waals surface area contributed by atoms with Gasteiger partial charge in [0.15, 0.2) is 0 Å². The maximum atomic E-state index is 11.4. The van der Waals surface area contributed by atoms with Crippen LogP contribution in [0.4, 0.5) is 0 Å². The topological polar surface area (TPSA) is 29.1 Å². The third kappa shape index (κ3) is 3.60. The standard InChI is InChI=1S/C11H20BrNO/c1-2-5-11(14)13-10-7-4-3-6-9(10)8-12/h9-10H,2-8H2,1H3,(H,13,14). The predicted octanol–water partition coefficient (Wildman–Crippen LogP) is 2.86. The van der Waals surface area contributed by atoms with Crippen molar-refractivity contribution in [3.8, 4) is 0 Å². The summed E-state index contributed by atoms with van der Waals surface area (Å²) in [5.74, 6) is 0.870. The van der Waals surface area contributed by atoms with Gasteiger partial charge in [-0.05, 0) is 25.2 Å². The SMILES string of the molecule is CCCC(=O)NC1CCCCC1CBr. The van der Waals surface area contributed by atoms with E-state index in [1.165, 1.54) is 19.3 Å². The lowest BCUT2D eigenvalue weighted by molar-refractivity contribution is -0.122. The van der Waals surface area contributed by atoms with Gasteiger partial charge in [-0.25, -0.2) is 0 Å². The Morgan fingerprint density at radius 3 is 2.79 bits per heavy atom. The second-order valence-corrected chi connectivity index (χ2v) is 4.77. The van der Waals surface area contributed by atoms with Crippen molar-refractivity contribution in [3.05, 3.63) is 0 Å². The fourth-order valence-electron chi connectivity index (χ4n) is 2.09. The molecule has 1 saturated carbocycles. The average molecular weight is 262 g/mol. The van der Waals surface area contributed by atoms with Gasteiger partial charge in [-0.2, -0.15) is 0 Å². The Kier molecular flexibility index (Phi) is 5.53. The van der Waals surface area contributed by atoms with Gasteiger partial charge in [-0.3, -0.25) is 4.79 Å². The van der Waals surface area contributed by atoms with Crippen LogP contribution in [0.2, 0.25) is 0 Å². The van der Waals surface area contributed by atoms with E-state index in [0.717, 1.165) is 18.2 Å². The third-order valence-electron chi connectivity index (χ3n) is 2.93. The van der Waals surface area contributed by atoms with Crippen LogP contribution in [-0.4, -0.2) is 17.3 Å². The van der Waals surface area contributed by atoms with Crippen LogP contribution in [-0.2, 0) is 4.79 Å². The van der Waals surface area contributed by atoms with Gasteiger partial charge in [0.2, 0.25) is 5.91 Å². The summed E-state index contributed by atoms with van der Waals surface area (Å²) < 4.78 is 0. The first-order valence-electron chi connectivity index (χ1n) is 5.63. The Bertz CT molecular complexity index is 184. The first kappa shape index (κ1) is 12.0. The van der Waals surface area contributed by atoms with E-state index in [2.05, 4.69) is 21.2 Å². The first-order valence-corrected chi connectivity index (χ1v) is 6.75. The second kappa shape index (κ2) is 6.44. The molecule has 0 aromatic carbocycles. The molecule has 14 heavy (non-hydrogen) atoms. The van der Waals surface area contributed by atoms with Crippen LogP contribution in [0.3, 0.4) is 0 Å². The van der Waals surface area contributed by atoms with Crippen molar-refractivity contribution in [2.24, 2.45) is 5.92 Å². The van der Waals surface area contributed by atoms with Crippen LogP contribution >= 0.6 is 15.9 Å². The van der Waals surface area contributed by atoms with Gasteiger partial charge in [0, 0.05) is 17.8 Å². The minimum Gasteiger partial charge on any atom is -0.353 e. The Balaban J connectivity index is 2.36. The molecule has 0 heterocycles. The van der Waals surface area contributed by atoms with E-state index in [4.69, 9.17) is 0 Å². The molecule has 0 aliphatic heterocycles. The van der Waals surface area contributed by atoms with Gasteiger partial charge in [-0.15, -0.1) is 0 Å². The van der Waals surface area contributed by atoms with Gasteiger partial charge >= 0.3 is 0 Å². The van der Waals surface area contributed by atoms with Gasteiger partial charge in [-0.1, -0.05) is 35.7 Å². The smallest absolute Gasteiger partial charge is 0.220 e. The van der Waals surface area contributed by atoms with Crippen molar-refractivity contribution < 1.29 is 4.79 Å². The van der Waals surface area contributed by atoms with Crippen molar-refractivity contribution in [1.29, 1.82) is 0 Å². The van der Waals surface area contributed by atoms with Crippen molar-refractivity contribution in [3.63, 3.8) is 0 Å². The summed E-state index contributed by atoms with van der Waals surface area (Å²) in [6.45, 7) is 2.04. The maximum Gasteiger partial charge on any atom is 0.220 e. The normalized spacial score (nSPS) is 27.3. The van der Waals surface area contributed by atoms with Crippen LogP contribution in [0.25, 0.3) is 0 Å². The van der Waals surface area contributed by atoms with E-state index in [0.29, 0.717) is 18.4 Å². The average Bonchev–Trinajstić information content (AvgIpc) is 2.19. The molecule has 1 fully saturated rings. The summed E-state index contributed by atoms with van der Waals surface area (Å²) in [5.41, 5.74) is 0. The molecular formula is C11H20BrNO. The Hall–Kier alpha value is -0.0500. The molecule has 1 amide bonds. The lowest BCUT2D eigenvalue weighted by atomic mass is 9.86. The zero-order valence-corrected chi connectivity index (χ0v) is 10.5. The van der Waals surface area contributed by atoms with Crippen molar-refractivity contribution in [2.75, 3.05) is 5.33 Å². The molecule has 0 spiro atoms. The number of hydrogen-bond donors (Lipinski definition) is 1. The largest absolute Gasteiger partial charge is 0.353 e. The number of hydrogen-bond acceptors (Lipinski definition) is 1. The van der Waals surface area contributed by atoms with E-state index in [1.54, 1.807) is 0 Å². The van der Waals surface area contributed by atoms with Gasteiger partial charge in [0.05, 0.1) is 0 Å². The zero-order valence-electron chi connectivity index (χ0n) is 8.89. The fourth-order valence-corrected chi connectivity index (χ4v) is 2.86. The highest BCUT2D eigenvalue weighted by Gasteiger charge is 2.24. The molecule has 3 heteroatoms. The molecular weight excluding hydrogens is 242 g/mol. The van der Waals surface area contributed by atoms with Crippen LogP contribution in [0.1, 0.15) is 45.4 Å². The van der Waals surface area contributed by atoms with Crippen LogP contribution in [0, 0.1) is 5.92 Å². The summed E-state index contributed by atoms with van der Waals surface area (Å²) in [4.78, 5) is 11.4. The van der Waals surface area contributed by atoms with Crippen molar-refractivity contribution >= 4 is 21.8 Å². The predicted molar refractivity (Wildman–Crippen MR) is 62.6 cm³/mol. The number of carbonyl (C=O) groups is 1. The highest BCUT2D eigenvalue weighted by Crippen LogP contribution is 2.25. The molecule has 0 bridgehead atoms. The molecule has 0 radical (unpaired) electrons. The quantitative estimate of drug-likeness (QED) is 0.775. The fraction of sp³-hybridized carbons (Fsp3) is 0.909. The number of alkyl halides is 1. The van der Waals surface area contributed by atoms with Gasteiger partial charge < -0.3 is 5.32 Å². The highest BCUT2D eigenvalue weighted by atomic mass is 79.9. The van der Waals surface area contributed by atoms with Crippen LogP contribution < -0.4 is 5.32 Å². The Labute approximate surface area is 95.0 Å². The number of rotatable bonds is 4. The number of nitrogens with one attached hydrogen (secondary N) is 1. The van der Waals surface area contributed by atoms with E-state index in [1.807, 2.05) is 6.92 Å². The number of amides is 1. The molecule has 1 aliphatic rings. The molecule has 0 aromatic heterocycles. The summed E-state index contributed by atoms with van der Waals surface area (Å²) in [5, 5.41) is 4.17. The molecule has 0 aromatic rings. The summed E-state index contributed by atoms with van der Waals surface area (Å²) >= 11 is 3.53. The van der Waals surface area contributed by atoms with Gasteiger partial charge in [0.25, 0.3) is 0 Å². The molecule has 1 aliphatic carbocycles. The number of halogens is 1. The third-order valence-corrected chi connectivity index (χ3v) is 3.76. The maximum absolute atomic E-state index is 11.4. The van der Waals surface area contributed by atoms with E-state index in [-0.39, 0.29) is 5.91 Å². The Morgan fingerprint density at radius 2 is 2.14 bits per heavy atom. The number of carbonyl (C=O) groups excluding carboxylic acids is 1.